The first-order valence-electron chi connectivity index (χ1n) is 6.30. The fraction of sp³-hybridized carbons (Fsp3) is 0.500. The van der Waals surface area contributed by atoms with E-state index in [1.54, 1.807) is 12.1 Å². The molecule has 0 spiro atoms. The van der Waals surface area contributed by atoms with Crippen molar-refractivity contribution >= 4 is 21.8 Å². The number of rotatable bonds is 6. The molecular formula is C14H20BrNO2. The minimum atomic E-state index is -0.473. The molecule has 0 aliphatic rings. The lowest BCUT2D eigenvalue weighted by Gasteiger charge is -2.20. The molecule has 4 heteroatoms. The second kappa shape index (κ2) is 7.54. The van der Waals surface area contributed by atoms with E-state index < -0.39 is 6.10 Å². The Morgan fingerprint density at radius 3 is 2.33 bits per heavy atom. The highest BCUT2D eigenvalue weighted by Crippen LogP contribution is 2.13. The number of carbonyl (C=O) groups excluding carboxylic acids is 1. The van der Waals surface area contributed by atoms with Gasteiger partial charge in [-0.3, -0.25) is 4.79 Å². The number of amides is 1. The van der Waals surface area contributed by atoms with Gasteiger partial charge in [0.15, 0.2) is 0 Å². The molecule has 0 radical (unpaired) electrons. The molecule has 1 aromatic carbocycles. The van der Waals surface area contributed by atoms with E-state index in [-0.39, 0.29) is 11.8 Å². The number of benzene rings is 1. The zero-order valence-electron chi connectivity index (χ0n) is 10.8. The van der Waals surface area contributed by atoms with Crippen LogP contribution in [0.25, 0.3) is 0 Å². The van der Waals surface area contributed by atoms with Crippen LogP contribution in [0.5, 0.6) is 0 Å². The smallest absolute Gasteiger partial charge is 0.251 e. The van der Waals surface area contributed by atoms with Crippen LogP contribution in [0, 0.1) is 5.92 Å². The van der Waals surface area contributed by atoms with Gasteiger partial charge < -0.3 is 10.4 Å². The molecule has 100 valence electrons. The SMILES string of the molecule is CCC(CC)C(O)CNC(=O)c1ccc(Br)cc1. The molecule has 0 heterocycles. The summed E-state index contributed by atoms with van der Waals surface area (Å²) in [4.78, 5) is 11.8. The molecule has 3 nitrogen and oxygen atoms in total. The zero-order valence-corrected chi connectivity index (χ0v) is 12.4. The number of halogens is 1. The molecule has 2 N–H and O–H groups in total. The van der Waals surface area contributed by atoms with Crippen LogP contribution in [0.1, 0.15) is 37.0 Å². The molecule has 1 amide bonds. The summed E-state index contributed by atoms with van der Waals surface area (Å²) in [5.74, 6) is 0.0997. The third kappa shape index (κ3) is 4.42. The summed E-state index contributed by atoms with van der Waals surface area (Å²) in [7, 11) is 0. The highest BCUT2D eigenvalue weighted by atomic mass is 79.9. The Hall–Kier alpha value is -0.870. The van der Waals surface area contributed by atoms with Crippen molar-refractivity contribution in [2.45, 2.75) is 32.8 Å². The Labute approximate surface area is 117 Å². The molecule has 18 heavy (non-hydrogen) atoms. The minimum Gasteiger partial charge on any atom is -0.391 e. The number of hydrogen-bond donors (Lipinski definition) is 2. The number of nitrogens with one attached hydrogen (secondary N) is 1. The van der Waals surface area contributed by atoms with Gasteiger partial charge in [-0.05, 0) is 30.2 Å². The summed E-state index contributed by atoms with van der Waals surface area (Å²) < 4.78 is 0.941. The third-order valence-corrected chi connectivity index (χ3v) is 3.70. The summed E-state index contributed by atoms with van der Waals surface area (Å²) in [5.41, 5.74) is 0.606. The van der Waals surface area contributed by atoms with Crippen LogP contribution in [0.3, 0.4) is 0 Å². The van der Waals surface area contributed by atoms with Gasteiger partial charge >= 0.3 is 0 Å². The topological polar surface area (TPSA) is 49.3 Å². The van der Waals surface area contributed by atoms with Gasteiger partial charge in [-0.1, -0.05) is 42.6 Å². The molecule has 1 aromatic rings. The lowest BCUT2D eigenvalue weighted by molar-refractivity contribution is 0.0816. The number of carbonyl (C=O) groups is 1. The van der Waals surface area contributed by atoms with Crippen LogP contribution in [0.2, 0.25) is 0 Å². The Morgan fingerprint density at radius 1 is 1.28 bits per heavy atom. The first-order valence-corrected chi connectivity index (χ1v) is 7.09. The third-order valence-electron chi connectivity index (χ3n) is 3.17. The van der Waals surface area contributed by atoms with E-state index in [0.717, 1.165) is 17.3 Å². The Balaban J connectivity index is 2.48. The second-order valence-electron chi connectivity index (χ2n) is 4.36. The molecule has 0 aliphatic carbocycles. The number of aliphatic hydroxyl groups is 1. The predicted molar refractivity (Wildman–Crippen MR) is 76.6 cm³/mol. The first-order chi connectivity index (χ1) is 8.58. The van der Waals surface area contributed by atoms with Crippen molar-refractivity contribution < 1.29 is 9.90 Å². The largest absolute Gasteiger partial charge is 0.391 e. The van der Waals surface area contributed by atoms with Crippen LogP contribution < -0.4 is 5.32 Å². The van der Waals surface area contributed by atoms with E-state index in [2.05, 4.69) is 21.2 Å². The lowest BCUT2D eigenvalue weighted by Crippen LogP contribution is -2.36. The van der Waals surface area contributed by atoms with Crippen LogP contribution >= 0.6 is 15.9 Å². The standard InChI is InChI=1S/C14H20BrNO2/c1-3-10(4-2)13(17)9-16-14(18)11-5-7-12(15)8-6-11/h5-8,10,13,17H,3-4,9H2,1-2H3,(H,16,18). The Bertz CT molecular complexity index is 374. The molecule has 0 aliphatic heterocycles. The van der Waals surface area contributed by atoms with Gasteiger partial charge in [-0.25, -0.2) is 0 Å². The van der Waals surface area contributed by atoms with Gasteiger partial charge in [0.05, 0.1) is 6.10 Å². The minimum absolute atomic E-state index is 0.146. The van der Waals surface area contributed by atoms with Crippen molar-refractivity contribution in [3.8, 4) is 0 Å². The van der Waals surface area contributed by atoms with E-state index in [0.29, 0.717) is 12.1 Å². The molecular weight excluding hydrogens is 294 g/mol. The summed E-state index contributed by atoms with van der Waals surface area (Å²) in [6, 6.07) is 7.16. The Morgan fingerprint density at radius 2 is 1.83 bits per heavy atom. The van der Waals surface area contributed by atoms with Crippen molar-refractivity contribution in [3.05, 3.63) is 34.3 Å². The molecule has 0 aromatic heterocycles. The fourth-order valence-corrected chi connectivity index (χ4v) is 2.16. The fourth-order valence-electron chi connectivity index (χ4n) is 1.90. The lowest BCUT2D eigenvalue weighted by atomic mass is 9.96. The summed E-state index contributed by atoms with van der Waals surface area (Å²) >= 11 is 3.32. The van der Waals surface area contributed by atoms with Gasteiger partial charge in [-0.15, -0.1) is 0 Å². The van der Waals surface area contributed by atoms with Gasteiger partial charge in [0, 0.05) is 16.6 Å². The van der Waals surface area contributed by atoms with E-state index >= 15 is 0 Å². The average Bonchev–Trinajstić information content (AvgIpc) is 2.38. The van der Waals surface area contributed by atoms with Gasteiger partial charge in [0.25, 0.3) is 5.91 Å². The maximum Gasteiger partial charge on any atom is 0.251 e. The Kier molecular flexibility index (Phi) is 6.36. The average molecular weight is 314 g/mol. The number of hydrogen-bond acceptors (Lipinski definition) is 2. The van der Waals surface area contributed by atoms with Crippen LogP contribution in [-0.4, -0.2) is 23.7 Å². The monoisotopic (exact) mass is 313 g/mol. The maximum atomic E-state index is 11.8. The van der Waals surface area contributed by atoms with Crippen LogP contribution in [0.15, 0.2) is 28.7 Å². The van der Waals surface area contributed by atoms with Crippen LogP contribution in [0.4, 0.5) is 0 Å². The first kappa shape index (κ1) is 15.2. The normalized spacial score (nSPS) is 12.5. The van der Waals surface area contributed by atoms with Crippen molar-refractivity contribution in [1.82, 2.24) is 5.32 Å². The van der Waals surface area contributed by atoms with E-state index in [4.69, 9.17) is 0 Å². The van der Waals surface area contributed by atoms with Gasteiger partial charge in [0.1, 0.15) is 0 Å². The maximum absolute atomic E-state index is 11.8. The molecule has 1 rings (SSSR count). The number of aliphatic hydroxyl groups excluding tert-OH is 1. The zero-order chi connectivity index (χ0) is 13.5. The van der Waals surface area contributed by atoms with Gasteiger partial charge in [0.2, 0.25) is 0 Å². The highest BCUT2D eigenvalue weighted by Gasteiger charge is 2.16. The van der Waals surface area contributed by atoms with Crippen molar-refractivity contribution in [3.63, 3.8) is 0 Å². The van der Waals surface area contributed by atoms with Crippen molar-refractivity contribution in [2.75, 3.05) is 6.54 Å². The molecule has 0 saturated heterocycles. The summed E-state index contributed by atoms with van der Waals surface area (Å²) in [6.07, 6.45) is 1.37. The molecule has 0 bridgehead atoms. The second-order valence-corrected chi connectivity index (χ2v) is 5.28. The summed E-state index contributed by atoms with van der Waals surface area (Å²) in [5, 5.41) is 12.7. The quantitative estimate of drug-likeness (QED) is 0.848. The highest BCUT2D eigenvalue weighted by molar-refractivity contribution is 9.10. The van der Waals surface area contributed by atoms with Crippen LogP contribution in [-0.2, 0) is 0 Å². The van der Waals surface area contributed by atoms with E-state index in [1.807, 2.05) is 26.0 Å². The van der Waals surface area contributed by atoms with Crippen molar-refractivity contribution in [1.29, 1.82) is 0 Å². The van der Waals surface area contributed by atoms with E-state index in [9.17, 15) is 9.90 Å². The molecule has 0 saturated carbocycles. The molecule has 1 atom stereocenters. The molecule has 0 fully saturated rings. The van der Waals surface area contributed by atoms with Crippen molar-refractivity contribution in [2.24, 2.45) is 5.92 Å². The van der Waals surface area contributed by atoms with Gasteiger partial charge in [-0.2, -0.15) is 0 Å². The molecule has 1 unspecified atom stereocenters. The predicted octanol–water partition coefficient (Wildman–Crippen LogP) is 2.98. The van der Waals surface area contributed by atoms with E-state index in [1.165, 1.54) is 0 Å². The summed E-state index contributed by atoms with van der Waals surface area (Å²) in [6.45, 7) is 4.41.